The first-order valence-corrected chi connectivity index (χ1v) is 9.94. The molecule has 6 heteroatoms. The van der Waals surface area contributed by atoms with Crippen LogP contribution in [0.3, 0.4) is 0 Å². The second-order valence-corrected chi connectivity index (χ2v) is 7.09. The summed E-state index contributed by atoms with van der Waals surface area (Å²) < 4.78 is 5.92. The van der Waals surface area contributed by atoms with Crippen LogP contribution in [0.2, 0.25) is 0 Å². The number of hydrogen-bond donors (Lipinski definition) is 3. The van der Waals surface area contributed by atoms with Crippen LogP contribution in [-0.4, -0.2) is 18.2 Å². The molecule has 1 saturated heterocycles. The highest BCUT2D eigenvalue weighted by Gasteiger charge is 2.29. The Bertz CT molecular complexity index is 992. The van der Waals surface area contributed by atoms with Gasteiger partial charge in [0.1, 0.15) is 18.4 Å². The maximum absolute atomic E-state index is 12.4. The second kappa shape index (κ2) is 9.82. The molecule has 1 aliphatic rings. The SMILES string of the molecule is O=C(N/N=C/c1ccccc1OCc1ccccc1)C1CC(c2ccccc2)NN1. The summed E-state index contributed by atoms with van der Waals surface area (Å²) >= 11 is 0. The Hall–Kier alpha value is -3.48. The maximum atomic E-state index is 12.4. The molecule has 1 heterocycles. The van der Waals surface area contributed by atoms with E-state index in [2.05, 4.69) is 21.4 Å². The smallest absolute Gasteiger partial charge is 0.258 e. The number of carbonyl (C=O) groups is 1. The molecule has 6 nitrogen and oxygen atoms in total. The average Bonchev–Trinajstić information content (AvgIpc) is 3.30. The molecular formula is C24H24N4O2. The van der Waals surface area contributed by atoms with Crippen LogP contribution in [0.5, 0.6) is 5.75 Å². The molecule has 3 N–H and O–H groups in total. The number of ether oxygens (including phenoxy) is 1. The van der Waals surface area contributed by atoms with E-state index in [0.29, 0.717) is 18.8 Å². The van der Waals surface area contributed by atoms with Crippen LogP contribution in [-0.2, 0) is 11.4 Å². The van der Waals surface area contributed by atoms with Crippen molar-refractivity contribution in [2.75, 3.05) is 0 Å². The van der Waals surface area contributed by atoms with Gasteiger partial charge in [-0.05, 0) is 29.7 Å². The largest absolute Gasteiger partial charge is 0.488 e. The molecule has 3 aromatic rings. The van der Waals surface area contributed by atoms with Gasteiger partial charge in [0.2, 0.25) is 0 Å². The summed E-state index contributed by atoms with van der Waals surface area (Å²) in [6.45, 7) is 0.469. The third-order valence-corrected chi connectivity index (χ3v) is 4.96. The van der Waals surface area contributed by atoms with Crippen LogP contribution in [0.1, 0.15) is 29.2 Å². The summed E-state index contributed by atoms with van der Waals surface area (Å²) in [5, 5.41) is 4.13. The third-order valence-electron chi connectivity index (χ3n) is 4.96. The lowest BCUT2D eigenvalue weighted by Crippen LogP contribution is -2.41. The van der Waals surface area contributed by atoms with Gasteiger partial charge in [-0.3, -0.25) is 4.79 Å². The van der Waals surface area contributed by atoms with Gasteiger partial charge < -0.3 is 4.74 Å². The standard InChI is InChI=1S/C24H24N4O2/c29-24(22-15-21(26-27-22)19-11-5-2-6-12-19)28-25-16-20-13-7-8-14-23(20)30-17-18-9-3-1-4-10-18/h1-14,16,21-22,26-27H,15,17H2,(H,28,29)/b25-16+. The van der Waals surface area contributed by atoms with Gasteiger partial charge in [0.15, 0.2) is 0 Å². The predicted octanol–water partition coefficient (Wildman–Crippen LogP) is 3.32. The van der Waals surface area contributed by atoms with Gasteiger partial charge in [-0.25, -0.2) is 16.3 Å². The van der Waals surface area contributed by atoms with E-state index in [1.807, 2.05) is 84.9 Å². The quantitative estimate of drug-likeness (QED) is 0.420. The number of carbonyl (C=O) groups excluding carboxylic acids is 1. The zero-order valence-corrected chi connectivity index (χ0v) is 16.5. The Morgan fingerprint density at radius 3 is 2.47 bits per heavy atom. The number of amides is 1. The van der Waals surface area contributed by atoms with Crippen molar-refractivity contribution in [1.82, 2.24) is 16.3 Å². The Kier molecular flexibility index (Phi) is 6.49. The second-order valence-electron chi connectivity index (χ2n) is 7.09. The highest BCUT2D eigenvalue weighted by molar-refractivity contribution is 5.86. The molecule has 0 bridgehead atoms. The minimum Gasteiger partial charge on any atom is -0.488 e. The first-order chi connectivity index (χ1) is 14.8. The molecule has 1 aliphatic heterocycles. The molecule has 2 unspecified atom stereocenters. The number of hydrogen-bond acceptors (Lipinski definition) is 5. The number of para-hydroxylation sites is 1. The van der Waals surface area contributed by atoms with E-state index in [0.717, 1.165) is 16.7 Å². The predicted molar refractivity (Wildman–Crippen MR) is 117 cm³/mol. The minimum atomic E-state index is -0.350. The number of hydrazine groups is 1. The summed E-state index contributed by atoms with van der Waals surface area (Å²) in [6.07, 6.45) is 2.26. The molecule has 1 amide bonds. The van der Waals surface area contributed by atoms with Crippen LogP contribution in [0, 0.1) is 0 Å². The van der Waals surface area contributed by atoms with E-state index in [-0.39, 0.29) is 18.0 Å². The Balaban J connectivity index is 1.32. The van der Waals surface area contributed by atoms with E-state index >= 15 is 0 Å². The highest BCUT2D eigenvalue weighted by atomic mass is 16.5. The lowest BCUT2D eigenvalue weighted by molar-refractivity contribution is -0.122. The lowest BCUT2D eigenvalue weighted by atomic mass is 10.0. The molecule has 1 fully saturated rings. The van der Waals surface area contributed by atoms with Gasteiger partial charge in [-0.2, -0.15) is 5.10 Å². The molecule has 0 saturated carbocycles. The van der Waals surface area contributed by atoms with Crippen LogP contribution in [0.25, 0.3) is 0 Å². The number of nitrogens with zero attached hydrogens (tertiary/aromatic N) is 1. The van der Waals surface area contributed by atoms with Gasteiger partial charge in [0.05, 0.1) is 6.21 Å². The molecule has 0 aliphatic carbocycles. The fourth-order valence-electron chi connectivity index (χ4n) is 3.33. The topological polar surface area (TPSA) is 74.8 Å². The van der Waals surface area contributed by atoms with Gasteiger partial charge in [0, 0.05) is 11.6 Å². The number of rotatable bonds is 7. The zero-order valence-electron chi connectivity index (χ0n) is 16.5. The van der Waals surface area contributed by atoms with Crippen LogP contribution < -0.4 is 21.0 Å². The molecule has 152 valence electrons. The van der Waals surface area contributed by atoms with Crippen molar-refractivity contribution in [3.63, 3.8) is 0 Å². The van der Waals surface area contributed by atoms with Crippen molar-refractivity contribution < 1.29 is 9.53 Å². The van der Waals surface area contributed by atoms with E-state index in [1.165, 1.54) is 0 Å². The summed E-state index contributed by atoms with van der Waals surface area (Å²) in [7, 11) is 0. The van der Waals surface area contributed by atoms with Crippen LogP contribution in [0.15, 0.2) is 90.0 Å². The first-order valence-electron chi connectivity index (χ1n) is 9.94. The van der Waals surface area contributed by atoms with Crippen molar-refractivity contribution in [2.24, 2.45) is 5.10 Å². The van der Waals surface area contributed by atoms with Gasteiger partial charge in [-0.15, -0.1) is 0 Å². The summed E-state index contributed by atoms with van der Waals surface area (Å²) in [5.41, 5.74) is 11.9. The maximum Gasteiger partial charge on any atom is 0.258 e. The molecule has 0 aromatic heterocycles. The average molecular weight is 400 g/mol. The van der Waals surface area contributed by atoms with E-state index in [4.69, 9.17) is 4.74 Å². The normalized spacial score (nSPS) is 18.4. The molecule has 2 atom stereocenters. The first kappa shape index (κ1) is 19.8. The van der Waals surface area contributed by atoms with Crippen molar-refractivity contribution in [1.29, 1.82) is 0 Å². The Morgan fingerprint density at radius 1 is 0.967 bits per heavy atom. The van der Waals surface area contributed by atoms with Crippen molar-refractivity contribution in [3.8, 4) is 5.75 Å². The zero-order chi connectivity index (χ0) is 20.6. The minimum absolute atomic E-state index is 0.0954. The van der Waals surface area contributed by atoms with Crippen LogP contribution in [0.4, 0.5) is 0 Å². The van der Waals surface area contributed by atoms with Gasteiger partial charge >= 0.3 is 0 Å². The molecule has 0 radical (unpaired) electrons. The molecule has 4 rings (SSSR count). The van der Waals surface area contributed by atoms with E-state index < -0.39 is 0 Å². The number of nitrogens with one attached hydrogen (secondary N) is 3. The molecule has 0 spiro atoms. The fraction of sp³-hybridized carbons (Fsp3) is 0.167. The van der Waals surface area contributed by atoms with Crippen molar-refractivity contribution >= 4 is 12.1 Å². The molecule has 30 heavy (non-hydrogen) atoms. The van der Waals surface area contributed by atoms with Gasteiger partial charge in [-0.1, -0.05) is 72.8 Å². The van der Waals surface area contributed by atoms with E-state index in [1.54, 1.807) is 6.21 Å². The number of hydrazone groups is 1. The fourth-order valence-corrected chi connectivity index (χ4v) is 3.33. The van der Waals surface area contributed by atoms with Gasteiger partial charge in [0.25, 0.3) is 5.91 Å². The summed E-state index contributed by atoms with van der Waals surface area (Å²) in [4.78, 5) is 12.4. The van der Waals surface area contributed by atoms with Crippen molar-refractivity contribution in [2.45, 2.75) is 25.1 Å². The monoisotopic (exact) mass is 400 g/mol. The Morgan fingerprint density at radius 2 is 1.67 bits per heavy atom. The third kappa shape index (κ3) is 5.11. The summed E-state index contributed by atoms with van der Waals surface area (Å²) in [6, 6.07) is 27.4. The summed E-state index contributed by atoms with van der Waals surface area (Å²) in [5.74, 6) is 0.531. The number of benzene rings is 3. The Labute approximate surface area is 175 Å². The lowest BCUT2D eigenvalue weighted by Gasteiger charge is -2.10. The van der Waals surface area contributed by atoms with Crippen LogP contribution >= 0.6 is 0 Å². The van der Waals surface area contributed by atoms with E-state index in [9.17, 15) is 4.79 Å². The highest BCUT2D eigenvalue weighted by Crippen LogP contribution is 2.22. The van der Waals surface area contributed by atoms with Crippen molar-refractivity contribution in [3.05, 3.63) is 102 Å². The molecular weight excluding hydrogens is 376 g/mol. The molecule has 3 aromatic carbocycles.